The van der Waals surface area contributed by atoms with Crippen molar-refractivity contribution in [1.29, 1.82) is 0 Å². The van der Waals surface area contributed by atoms with E-state index in [2.05, 4.69) is 16.5 Å². The third kappa shape index (κ3) is 6.98. The van der Waals surface area contributed by atoms with E-state index in [1.807, 2.05) is 6.08 Å². The molecule has 0 spiro atoms. The Bertz CT molecular complexity index is 610. The third-order valence-corrected chi connectivity index (χ3v) is 4.63. The second-order valence-electron chi connectivity index (χ2n) is 6.09. The first-order valence-electron chi connectivity index (χ1n) is 8.16. The minimum absolute atomic E-state index is 0.00600. The Kier molecular flexibility index (Phi) is 7.20. The smallest absolute Gasteiger partial charge is 0.213 e. The van der Waals surface area contributed by atoms with E-state index in [0.717, 1.165) is 45.7 Å². The van der Waals surface area contributed by atoms with Crippen LogP contribution in [0, 0.1) is 0 Å². The standard InChI is InChI=1S/C17H26N2O4S/c1-3-4-5-16(13-19-8-10-22-11-9-19)23-17-7-6-15(12-18-17)14-24(2,20)21/h3,6-7,12,16H,1,4-5,8-11,13-14H2,2H3/t16-/m0/s1. The maximum Gasteiger partial charge on any atom is 0.213 e. The van der Waals surface area contributed by atoms with Crippen LogP contribution in [0.1, 0.15) is 18.4 Å². The molecule has 7 heteroatoms. The molecule has 1 aromatic heterocycles. The lowest BCUT2D eigenvalue weighted by molar-refractivity contribution is 0.0174. The summed E-state index contributed by atoms with van der Waals surface area (Å²) in [5.74, 6) is 0.517. The van der Waals surface area contributed by atoms with E-state index in [9.17, 15) is 8.42 Å². The summed E-state index contributed by atoms with van der Waals surface area (Å²) in [6.45, 7) is 7.93. The minimum atomic E-state index is -3.05. The van der Waals surface area contributed by atoms with Crippen LogP contribution in [0.25, 0.3) is 0 Å². The molecule has 0 aromatic carbocycles. The topological polar surface area (TPSA) is 68.7 Å². The van der Waals surface area contributed by atoms with Crippen LogP contribution in [0.3, 0.4) is 0 Å². The zero-order valence-corrected chi connectivity index (χ0v) is 15.0. The van der Waals surface area contributed by atoms with Crippen LogP contribution < -0.4 is 4.74 Å². The van der Waals surface area contributed by atoms with Gasteiger partial charge in [0.1, 0.15) is 6.10 Å². The first-order chi connectivity index (χ1) is 11.5. The number of aromatic nitrogens is 1. The van der Waals surface area contributed by atoms with E-state index in [1.165, 1.54) is 6.26 Å². The van der Waals surface area contributed by atoms with Gasteiger partial charge in [0, 0.05) is 38.2 Å². The molecule has 1 saturated heterocycles. The maximum absolute atomic E-state index is 11.3. The first-order valence-corrected chi connectivity index (χ1v) is 10.2. The monoisotopic (exact) mass is 354 g/mol. The highest BCUT2D eigenvalue weighted by Crippen LogP contribution is 2.15. The van der Waals surface area contributed by atoms with Crippen molar-refractivity contribution in [2.45, 2.75) is 24.7 Å². The molecular formula is C17H26N2O4S. The lowest BCUT2D eigenvalue weighted by atomic mass is 10.1. The van der Waals surface area contributed by atoms with Gasteiger partial charge in [-0.1, -0.05) is 12.1 Å². The van der Waals surface area contributed by atoms with Gasteiger partial charge in [0.2, 0.25) is 5.88 Å². The Labute approximate surface area is 144 Å². The highest BCUT2D eigenvalue weighted by molar-refractivity contribution is 7.89. The fourth-order valence-electron chi connectivity index (χ4n) is 2.60. The molecule has 1 fully saturated rings. The predicted octanol–water partition coefficient (Wildman–Crippen LogP) is 1.67. The van der Waals surface area contributed by atoms with Crippen molar-refractivity contribution in [3.63, 3.8) is 0 Å². The van der Waals surface area contributed by atoms with E-state index < -0.39 is 9.84 Å². The molecule has 1 aliphatic heterocycles. The van der Waals surface area contributed by atoms with Gasteiger partial charge in [-0.25, -0.2) is 13.4 Å². The number of rotatable bonds is 9. The minimum Gasteiger partial charge on any atom is -0.473 e. The van der Waals surface area contributed by atoms with Crippen LogP contribution >= 0.6 is 0 Å². The van der Waals surface area contributed by atoms with Crippen LogP contribution in [-0.2, 0) is 20.3 Å². The Hall–Kier alpha value is -1.44. The average Bonchev–Trinajstić information content (AvgIpc) is 2.54. The number of sulfone groups is 1. The van der Waals surface area contributed by atoms with E-state index in [1.54, 1.807) is 18.3 Å². The molecule has 1 aromatic rings. The molecule has 0 radical (unpaired) electrons. The fourth-order valence-corrected chi connectivity index (χ4v) is 3.38. The molecule has 0 saturated carbocycles. The number of nitrogens with zero attached hydrogens (tertiary/aromatic N) is 2. The molecule has 24 heavy (non-hydrogen) atoms. The van der Waals surface area contributed by atoms with Gasteiger partial charge in [0.25, 0.3) is 0 Å². The van der Waals surface area contributed by atoms with Crippen LogP contribution in [0.15, 0.2) is 31.0 Å². The summed E-state index contributed by atoms with van der Waals surface area (Å²) in [6.07, 6.45) is 6.43. The predicted molar refractivity (Wildman–Crippen MR) is 93.9 cm³/mol. The Morgan fingerprint density at radius 2 is 2.17 bits per heavy atom. The molecule has 0 N–H and O–H groups in total. The first kappa shape index (κ1) is 18.9. The molecule has 134 valence electrons. The van der Waals surface area contributed by atoms with Gasteiger partial charge in [0.15, 0.2) is 9.84 Å². The zero-order valence-electron chi connectivity index (χ0n) is 14.2. The highest BCUT2D eigenvalue weighted by atomic mass is 32.2. The zero-order chi connectivity index (χ0) is 17.4. The average molecular weight is 354 g/mol. The number of pyridine rings is 1. The number of morpholine rings is 1. The third-order valence-electron chi connectivity index (χ3n) is 3.77. The van der Waals surface area contributed by atoms with Gasteiger partial charge in [-0.2, -0.15) is 0 Å². The summed E-state index contributed by atoms with van der Waals surface area (Å²) >= 11 is 0. The van der Waals surface area contributed by atoms with Crippen LogP contribution in [0.5, 0.6) is 5.88 Å². The SMILES string of the molecule is C=CCC[C@@H](CN1CCOCC1)Oc1ccc(CS(C)(=O)=O)cn1. The van der Waals surface area contributed by atoms with Gasteiger partial charge in [-0.15, -0.1) is 6.58 Å². The molecule has 0 amide bonds. The molecule has 1 aliphatic rings. The lowest BCUT2D eigenvalue weighted by Crippen LogP contribution is -2.42. The summed E-state index contributed by atoms with van der Waals surface area (Å²) < 4.78 is 34.0. The van der Waals surface area contributed by atoms with Gasteiger partial charge in [0.05, 0.1) is 19.0 Å². The summed E-state index contributed by atoms with van der Waals surface area (Å²) in [6, 6.07) is 3.49. The molecule has 0 aliphatic carbocycles. The lowest BCUT2D eigenvalue weighted by Gasteiger charge is -2.30. The van der Waals surface area contributed by atoms with Crippen molar-refractivity contribution in [3.05, 3.63) is 36.5 Å². The fraction of sp³-hybridized carbons (Fsp3) is 0.588. The van der Waals surface area contributed by atoms with Crippen LogP contribution in [0.2, 0.25) is 0 Å². The largest absolute Gasteiger partial charge is 0.473 e. The van der Waals surface area contributed by atoms with Gasteiger partial charge in [-0.05, 0) is 18.4 Å². The van der Waals surface area contributed by atoms with Gasteiger partial charge < -0.3 is 9.47 Å². The van der Waals surface area contributed by atoms with E-state index in [-0.39, 0.29) is 11.9 Å². The summed E-state index contributed by atoms with van der Waals surface area (Å²) in [4.78, 5) is 6.58. The Morgan fingerprint density at radius 1 is 1.42 bits per heavy atom. The van der Waals surface area contributed by atoms with Crippen molar-refractivity contribution >= 4 is 9.84 Å². The normalized spacial score (nSPS) is 17.4. The number of hydrogen-bond acceptors (Lipinski definition) is 6. The molecular weight excluding hydrogens is 328 g/mol. The van der Waals surface area contributed by atoms with Crippen molar-refractivity contribution in [2.24, 2.45) is 0 Å². The summed E-state index contributed by atoms with van der Waals surface area (Å²) in [5, 5.41) is 0. The Balaban J connectivity index is 1.95. The van der Waals surface area contributed by atoms with Crippen LogP contribution in [-0.4, -0.2) is 63.5 Å². The van der Waals surface area contributed by atoms with Crippen molar-refractivity contribution in [3.8, 4) is 5.88 Å². The molecule has 0 bridgehead atoms. The molecule has 2 heterocycles. The second kappa shape index (κ2) is 9.15. The van der Waals surface area contributed by atoms with Crippen LogP contribution in [0.4, 0.5) is 0 Å². The van der Waals surface area contributed by atoms with Crippen molar-refractivity contribution in [1.82, 2.24) is 9.88 Å². The van der Waals surface area contributed by atoms with Gasteiger partial charge >= 0.3 is 0 Å². The maximum atomic E-state index is 11.3. The number of allylic oxidation sites excluding steroid dienone is 1. The molecule has 6 nitrogen and oxygen atoms in total. The summed E-state index contributed by atoms with van der Waals surface area (Å²) in [7, 11) is -3.05. The number of ether oxygens (including phenoxy) is 2. The number of hydrogen-bond donors (Lipinski definition) is 0. The molecule has 0 unspecified atom stereocenters. The summed E-state index contributed by atoms with van der Waals surface area (Å²) in [5.41, 5.74) is 0.667. The highest BCUT2D eigenvalue weighted by Gasteiger charge is 2.18. The molecule has 2 rings (SSSR count). The van der Waals surface area contributed by atoms with Gasteiger partial charge in [-0.3, -0.25) is 4.90 Å². The van der Waals surface area contributed by atoms with E-state index in [0.29, 0.717) is 11.4 Å². The van der Waals surface area contributed by atoms with E-state index >= 15 is 0 Å². The molecule has 1 atom stereocenters. The van der Waals surface area contributed by atoms with E-state index in [4.69, 9.17) is 9.47 Å². The quantitative estimate of drug-likeness (QED) is 0.629. The van der Waals surface area contributed by atoms with Crippen molar-refractivity contribution in [2.75, 3.05) is 39.1 Å². The Morgan fingerprint density at radius 3 is 2.75 bits per heavy atom. The second-order valence-corrected chi connectivity index (χ2v) is 8.23. The van der Waals surface area contributed by atoms with Crippen molar-refractivity contribution < 1.29 is 17.9 Å².